The van der Waals surface area contributed by atoms with E-state index in [1.807, 2.05) is 18.4 Å². The molecule has 5 nitrogen and oxygen atoms in total. The topological polar surface area (TPSA) is 64.0 Å². The molecule has 0 saturated heterocycles. The number of aryl methyl sites for hydroxylation is 2. The van der Waals surface area contributed by atoms with Gasteiger partial charge in [-0.1, -0.05) is 29.3 Å². The molecule has 1 aromatic heterocycles. The molecular formula is C17H16ClN3O2S. The Morgan fingerprint density at radius 3 is 2.38 bits per heavy atom. The van der Waals surface area contributed by atoms with E-state index >= 15 is 0 Å². The third-order valence-electron chi connectivity index (χ3n) is 3.62. The second kappa shape index (κ2) is 6.30. The van der Waals surface area contributed by atoms with E-state index in [0.29, 0.717) is 10.7 Å². The highest BCUT2D eigenvalue weighted by atomic mass is 35.5. The van der Waals surface area contributed by atoms with Gasteiger partial charge in [-0.25, -0.2) is 13.4 Å². The molecule has 2 aromatic carbocycles. The number of aromatic nitrogens is 2. The minimum atomic E-state index is -3.65. The Kier molecular flexibility index (Phi) is 4.34. The number of rotatable bonds is 4. The Bertz CT molecular complexity index is 979. The van der Waals surface area contributed by atoms with Gasteiger partial charge in [0.15, 0.2) is 0 Å². The maximum absolute atomic E-state index is 12.4. The van der Waals surface area contributed by atoms with E-state index in [1.165, 1.54) is 0 Å². The quantitative estimate of drug-likeness (QED) is 0.765. The fourth-order valence-corrected chi connectivity index (χ4v) is 3.65. The molecule has 3 rings (SSSR count). The number of anilines is 1. The van der Waals surface area contributed by atoms with Crippen molar-refractivity contribution in [2.75, 3.05) is 4.72 Å². The van der Waals surface area contributed by atoms with Crippen molar-refractivity contribution < 1.29 is 8.42 Å². The molecule has 7 heteroatoms. The van der Waals surface area contributed by atoms with E-state index in [2.05, 4.69) is 9.71 Å². The lowest BCUT2D eigenvalue weighted by molar-refractivity contribution is 0.601. The normalized spacial score (nSPS) is 11.5. The van der Waals surface area contributed by atoms with E-state index in [1.54, 1.807) is 54.9 Å². The van der Waals surface area contributed by atoms with E-state index in [9.17, 15) is 8.42 Å². The number of benzene rings is 2. The average Bonchev–Trinajstić information content (AvgIpc) is 2.93. The standard InChI is InChI=1S/C17H16ClN3O2S/c1-12-3-6-15(7-4-12)24(22,23)20-14-5-8-17(16(18)11-14)21-10-9-19-13(21)2/h3-11,20H,1-2H3. The van der Waals surface area contributed by atoms with Crippen molar-refractivity contribution in [2.45, 2.75) is 18.7 Å². The van der Waals surface area contributed by atoms with Crippen LogP contribution in [0.2, 0.25) is 5.02 Å². The average molecular weight is 362 g/mol. The van der Waals surface area contributed by atoms with Gasteiger partial charge in [-0.2, -0.15) is 0 Å². The van der Waals surface area contributed by atoms with E-state index in [-0.39, 0.29) is 4.90 Å². The van der Waals surface area contributed by atoms with Crippen LogP contribution in [0.5, 0.6) is 0 Å². The van der Waals surface area contributed by atoms with Gasteiger partial charge in [-0.15, -0.1) is 0 Å². The molecule has 0 aliphatic carbocycles. The molecule has 1 N–H and O–H groups in total. The maximum atomic E-state index is 12.4. The van der Waals surface area contributed by atoms with Gasteiger partial charge >= 0.3 is 0 Å². The van der Waals surface area contributed by atoms with Gasteiger partial charge in [-0.05, 0) is 44.2 Å². The second-order valence-electron chi connectivity index (χ2n) is 5.43. The Labute approximate surface area is 146 Å². The van der Waals surface area contributed by atoms with Crippen LogP contribution in [0.15, 0.2) is 59.8 Å². The molecule has 0 radical (unpaired) electrons. The third kappa shape index (κ3) is 3.29. The maximum Gasteiger partial charge on any atom is 0.261 e. The van der Waals surface area contributed by atoms with Gasteiger partial charge in [-0.3, -0.25) is 4.72 Å². The highest BCUT2D eigenvalue weighted by Crippen LogP contribution is 2.26. The summed E-state index contributed by atoms with van der Waals surface area (Å²) in [5.74, 6) is 0.796. The molecule has 0 bridgehead atoms. The molecule has 0 spiro atoms. The molecule has 1 heterocycles. The first-order valence-electron chi connectivity index (χ1n) is 7.26. The summed E-state index contributed by atoms with van der Waals surface area (Å²) in [7, 11) is -3.65. The minimum absolute atomic E-state index is 0.207. The van der Waals surface area contributed by atoms with Crippen molar-refractivity contribution >= 4 is 27.3 Å². The van der Waals surface area contributed by atoms with E-state index in [0.717, 1.165) is 17.1 Å². The molecule has 0 fully saturated rings. The lowest BCUT2D eigenvalue weighted by Gasteiger charge is -2.12. The summed E-state index contributed by atoms with van der Waals surface area (Å²) >= 11 is 6.31. The largest absolute Gasteiger partial charge is 0.302 e. The smallest absolute Gasteiger partial charge is 0.261 e. The molecule has 0 unspecified atom stereocenters. The number of hydrogen-bond acceptors (Lipinski definition) is 3. The second-order valence-corrected chi connectivity index (χ2v) is 7.52. The van der Waals surface area contributed by atoms with Crippen LogP contribution in [0.4, 0.5) is 5.69 Å². The monoisotopic (exact) mass is 361 g/mol. The summed E-state index contributed by atoms with van der Waals surface area (Å²) in [5, 5.41) is 0.431. The van der Waals surface area contributed by atoms with Crippen molar-refractivity contribution in [2.24, 2.45) is 0 Å². The van der Waals surface area contributed by atoms with E-state index < -0.39 is 10.0 Å². The van der Waals surface area contributed by atoms with Gasteiger partial charge in [0.2, 0.25) is 0 Å². The summed E-state index contributed by atoms with van der Waals surface area (Å²) in [4.78, 5) is 4.36. The van der Waals surface area contributed by atoms with E-state index in [4.69, 9.17) is 11.6 Å². The fraction of sp³-hybridized carbons (Fsp3) is 0.118. The molecule has 0 atom stereocenters. The fourth-order valence-electron chi connectivity index (χ4n) is 2.33. The van der Waals surface area contributed by atoms with Crippen LogP contribution in [0.3, 0.4) is 0 Å². The number of hydrogen-bond donors (Lipinski definition) is 1. The summed E-state index contributed by atoms with van der Waals surface area (Å²) in [6.07, 6.45) is 3.48. The summed E-state index contributed by atoms with van der Waals surface area (Å²) in [6, 6.07) is 11.7. The Balaban J connectivity index is 1.90. The third-order valence-corrected chi connectivity index (χ3v) is 5.32. The molecule has 124 valence electrons. The highest BCUT2D eigenvalue weighted by molar-refractivity contribution is 7.92. The van der Waals surface area contributed by atoms with Gasteiger partial charge < -0.3 is 4.57 Å². The molecule has 0 amide bonds. The lowest BCUT2D eigenvalue weighted by atomic mass is 10.2. The summed E-state index contributed by atoms with van der Waals surface area (Å²) < 4.78 is 29.2. The number of sulfonamides is 1. The van der Waals surface area contributed by atoms with Crippen LogP contribution in [-0.2, 0) is 10.0 Å². The van der Waals surface area contributed by atoms with Crippen LogP contribution >= 0.6 is 11.6 Å². The Morgan fingerprint density at radius 1 is 1.08 bits per heavy atom. The van der Waals surface area contributed by atoms with Crippen molar-refractivity contribution in [3.63, 3.8) is 0 Å². The summed E-state index contributed by atoms with van der Waals surface area (Å²) in [6.45, 7) is 3.77. The predicted molar refractivity (Wildman–Crippen MR) is 95.3 cm³/mol. The lowest BCUT2D eigenvalue weighted by Crippen LogP contribution is -2.13. The van der Waals surface area contributed by atoms with Gasteiger partial charge in [0, 0.05) is 12.4 Å². The highest BCUT2D eigenvalue weighted by Gasteiger charge is 2.15. The summed E-state index contributed by atoms with van der Waals surface area (Å²) in [5.41, 5.74) is 2.14. The van der Waals surface area contributed by atoms with Crippen LogP contribution < -0.4 is 4.72 Å². The number of nitrogens with one attached hydrogen (secondary N) is 1. The number of nitrogens with zero attached hydrogens (tertiary/aromatic N) is 2. The predicted octanol–water partition coefficient (Wildman–Crippen LogP) is 3.94. The number of halogens is 1. The molecule has 0 aliphatic rings. The van der Waals surface area contributed by atoms with Gasteiger partial charge in [0.25, 0.3) is 10.0 Å². The van der Waals surface area contributed by atoms with Crippen molar-refractivity contribution in [1.82, 2.24) is 9.55 Å². The zero-order valence-electron chi connectivity index (χ0n) is 13.2. The first kappa shape index (κ1) is 16.5. The Morgan fingerprint density at radius 2 is 1.79 bits per heavy atom. The molecular weight excluding hydrogens is 346 g/mol. The van der Waals surface area contributed by atoms with Crippen LogP contribution in [-0.4, -0.2) is 18.0 Å². The zero-order valence-corrected chi connectivity index (χ0v) is 14.8. The van der Waals surface area contributed by atoms with Crippen molar-refractivity contribution in [3.8, 4) is 5.69 Å². The zero-order chi connectivity index (χ0) is 17.3. The van der Waals surface area contributed by atoms with Crippen molar-refractivity contribution in [3.05, 3.63) is 71.3 Å². The first-order chi connectivity index (χ1) is 11.4. The van der Waals surface area contributed by atoms with Crippen LogP contribution in [0.1, 0.15) is 11.4 Å². The molecule has 0 aliphatic heterocycles. The SMILES string of the molecule is Cc1ccc(S(=O)(=O)Nc2ccc(-n3ccnc3C)c(Cl)c2)cc1. The van der Waals surface area contributed by atoms with Crippen LogP contribution in [0, 0.1) is 13.8 Å². The molecule has 24 heavy (non-hydrogen) atoms. The molecule has 3 aromatic rings. The van der Waals surface area contributed by atoms with Crippen molar-refractivity contribution in [1.29, 1.82) is 0 Å². The first-order valence-corrected chi connectivity index (χ1v) is 9.12. The van der Waals surface area contributed by atoms with Gasteiger partial charge in [0.05, 0.1) is 21.3 Å². The minimum Gasteiger partial charge on any atom is -0.302 e. The Hall–Kier alpha value is -2.31. The van der Waals surface area contributed by atoms with Crippen LogP contribution in [0.25, 0.3) is 5.69 Å². The number of imidazole rings is 1. The molecule has 0 saturated carbocycles. The van der Waals surface area contributed by atoms with Gasteiger partial charge in [0.1, 0.15) is 5.82 Å².